The summed E-state index contributed by atoms with van der Waals surface area (Å²) in [6.45, 7) is 10.7. The summed E-state index contributed by atoms with van der Waals surface area (Å²) in [6, 6.07) is 0.537. The standard InChI is InChI=1S/C11H21N3/c1-5-12-7-6-9(2)14-8-13-10(3)11(14)4/h8-9,12H,5-7H2,1-4H3. The molecule has 14 heavy (non-hydrogen) atoms. The fourth-order valence-electron chi connectivity index (χ4n) is 1.59. The van der Waals surface area contributed by atoms with Gasteiger partial charge in [-0.3, -0.25) is 0 Å². The van der Waals surface area contributed by atoms with E-state index in [1.807, 2.05) is 6.33 Å². The zero-order valence-corrected chi connectivity index (χ0v) is 9.67. The van der Waals surface area contributed by atoms with Crippen LogP contribution in [-0.4, -0.2) is 22.6 Å². The second kappa shape index (κ2) is 5.15. The Kier molecular flexibility index (Phi) is 4.14. The van der Waals surface area contributed by atoms with Crippen molar-refractivity contribution in [2.24, 2.45) is 0 Å². The van der Waals surface area contributed by atoms with Crippen molar-refractivity contribution in [1.29, 1.82) is 0 Å². The normalized spacial score (nSPS) is 13.1. The minimum absolute atomic E-state index is 0.537. The molecule has 0 aliphatic heterocycles. The molecule has 80 valence electrons. The van der Waals surface area contributed by atoms with E-state index in [4.69, 9.17) is 0 Å². The first kappa shape index (κ1) is 11.2. The second-order valence-electron chi connectivity index (χ2n) is 3.81. The summed E-state index contributed by atoms with van der Waals surface area (Å²) < 4.78 is 2.26. The van der Waals surface area contributed by atoms with Crippen LogP contribution < -0.4 is 5.32 Å². The molecular weight excluding hydrogens is 174 g/mol. The van der Waals surface area contributed by atoms with Gasteiger partial charge in [0.15, 0.2) is 0 Å². The summed E-state index contributed by atoms with van der Waals surface area (Å²) in [5.74, 6) is 0. The van der Waals surface area contributed by atoms with Crippen molar-refractivity contribution in [2.75, 3.05) is 13.1 Å². The average Bonchev–Trinajstić information content (AvgIpc) is 2.48. The lowest BCUT2D eigenvalue weighted by molar-refractivity contribution is 0.479. The molecule has 0 bridgehead atoms. The van der Waals surface area contributed by atoms with Gasteiger partial charge >= 0.3 is 0 Å². The highest BCUT2D eigenvalue weighted by Crippen LogP contribution is 2.14. The van der Waals surface area contributed by atoms with E-state index in [2.05, 4.69) is 42.6 Å². The Hall–Kier alpha value is -0.830. The summed E-state index contributed by atoms with van der Waals surface area (Å²) >= 11 is 0. The third-order valence-corrected chi connectivity index (χ3v) is 2.75. The molecule has 3 nitrogen and oxygen atoms in total. The van der Waals surface area contributed by atoms with Gasteiger partial charge in [-0.15, -0.1) is 0 Å². The summed E-state index contributed by atoms with van der Waals surface area (Å²) in [4.78, 5) is 4.31. The molecule has 1 atom stereocenters. The Balaban J connectivity index is 2.52. The van der Waals surface area contributed by atoms with Crippen molar-refractivity contribution in [3.63, 3.8) is 0 Å². The quantitative estimate of drug-likeness (QED) is 0.729. The van der Waals surface area contributed by atoms with E-state index in [9.17, 15) is 0 Å². The molecule has 3 heteroatoms. The molecule has 0 fully saturated rings. The van der Waals surface area contributed by atoms with E-state index < -0.39 is 0 Å². The third kappa shape index (κ3) is 2.58. The molecule has 0 amide bonds. The van der Waals surface area contributed by atoms with Crippen LogP contribution in [0.15, 0.2) is 6.33 Å². The lowest BCUT2D eigenvalue weighted by atomic mass is 10.2. The molecule has 1 unspecified atom stereocenters. The maximum Gasteiger partial charge on any atom is 0.0953 e. The maximum atomic E-state index is 4.31. The van der Waals surface area contributed by atoms with Crippen LogP contribution >= 0.6 is 0 Å². The molecule has 0 aliphatic rings. The molecule has 1 aromatic heterocycles. The number of nitrogens with zero attached hydrogens (tertiary/aromatic N) is 2. The molecule has 1 rings (SSSR count). The average molecular weight is 195 g/mol. The largest absolute Gasteiger partial charge is 0.332 e. The van der Waals surface area contributed by atoms with Crippen molar-refractivity contribution in [1.82, 2.24) is 14.9 Å². The number of rotatable bonds is 5. The van der Waals surface area contributed by atoms with Crippen LogP contribution in [0.2, 0.25) is 0 Å². The van der Waals surface area contributed by atoms with E-state index >= 15 is 0 Å². The van der Waals surface area contributed by atoms with Crippen molar-refractivity contribution >= 4 is 0 Å². The van der Waals surface area contributed by atoms with Gasteiger partial charge in [0.25, 0.3) is 0 Å². The minimum atomic E-state index is 0.537. The molecular formula is C11H21N3. The fourth-order valence-corrected chi connectivity index (χ4v) is 1.59. The number of nitrogens with one attached hydrogen (secondary N) is 1. The van der Waals surface area contributed by atoms with Gasteiger partial charge in [0.2, 0.25) is 0 Å². The van der Waals surface area contributed by atoms with Crippen molar-refractivity contribution in [3.05, 3.63) is 17.7 Å². The van der Waals surface area contributed by atoms with Gasteiger partial charge in [-0.05, 0) is 40.3 Å². The molecule has 0 saturated heterocycles. The zero-order valence-electron chi connectivity index (χ0n) is 9.67. The van der Waals surface area contributed by atoms with Gasteiger partial charge in [-0.1, -0.05) is 6.92 Å². The van der Waals surface area contributed by atoms with Crippen LogP contribution in [0.3, 0.4) is 0 Å². The Morgan fingerprint density at radius 1 is 1.50 bits per heavy atom. The fraction of sp³-hybridized carbons (Fsp3) is 0.727. The van der Waals surface area contributed by atoms with Crippen LogP contribution in [0, 0.1) is 13.8 Å². The van der Waals surface area contributed by atoms with Crippen molar-refractivity contribution in [3.8, 4) is 0 Å². The predicted molar refractivity (Wildman–Crippen MR) is 59.6 cm³/mol. The van der Waals surface area contributed by atoms with Gasteiger partial charge in [0.1, 0.15) is 0 Å². The van der Waals surface area contributed by atoms with Gasteiger partial charge in [0.05, 0.1) is 12.0 Å². The summed E-state index contributed by atoms with van der Waals surface area (Å²) in [6.07, 6.45) is 3.10. The zero-order chi connectivity index (χ0) is 10.6. The van der Waals surface area contributed by atoms with Gasteiger partial charge < -0.3 is 9.88 Å². The van der Waals surface area contributed by atoms with E-state index in [-0.39, 0.29) is 0 Å². The summed E-state index contributed by atoms with van der Waals surface area (Å²) in [5.41, 5.74) is 2.43. The Bertz CT molecular complexity index is 278. The van der Waals surface area contributed by atoms with Crippen LogP contribution in [-0.2, 0) is 0 Å². The first-order valence-corrected chi connectivity index (χ1v) is 5.37. The number of aromatic nitrogens is 2. The Morgan fingerprint density at radius 2 is 2.21 bits per heavy atom. The smallest absolute Gasteiger partial charge is 0.0953 e. The summed E-state index contributed by atoms with van der Waals surface area (Å²) in [7, 11) is 0. The van der Waals surface area contributed by atoms with Crippen LogP contribution in [0.5, 0.6) is 0 Å². The molecule has 1 N–H and O–H groups in total. The third-order valence-electron chi connectivity index (χ3n) is 2.75. The van der Waals surface area contributed by atoms with E-state index in [1.54, 1.807) is 0 Å². The van der Waals surface area contributed by atoms with Crippen LogP contribution in [0.4, 0.5) is 0 Å². The molecule has 0 spiro atoms. The SMILES string of the molecule is CCNCCC(C)n1cnc(C)c1C. The maximum absolute atomic E-state index is 4.31. The van der Waals surface area contributed by atoms with Crippen LogP contribution in [0.25, 0.3) is 0 Å². The van der Waals surface area contributed by atoms with Crippen molar-refractivity contribution < 1.29 is 0 Å². The van der Waals surface area contributed by atoms with E-state index in [0.29, 0.717) is 6.04 Å². The first-order chi connectivity index (χ1) is 6.66. The topological polar surface area (TPSA) is 29.9 Å². The predicted octanol–water partition coefficient (Wildman–Crippen LogP) is 2.06. The Labute approximate surface area is 86.5 Å². The van der Waals surface area contributed by atoms with Crippen LogP contribution in [0.1, 0.15) is 37.7 Å². The van der Waals surface area contributed by atoms with Gasteiger partial charge in [0, 0.05) is 11.7 Å². The number of imidazole rings is 1. The molecule has 0 saturated carbocycles. The molecule has 1 heterocycles. The van der Waals surface area contributed by atoms with E-state index in [1.165, 1.54) is 5.69 Å². The van der Waals surface area contributed by atoms with Crippen molar-refractivity contribution in [2.45, 2.75) is 40.2 Å². The number of aryl methyl sites for hydroxylation is 1. The van der Waals surface area contributed by atoms with Gasteiger partial charge in [-0.2, -0.15) is 0 Å². The number of hydrogen-bond acceptors (Lipinski definition) is 2. The lowest BCUT2D eigenvalue weighted by Crippen LogP contribution is -2.18. The highest BCUT2D eigenvalue weighted by molar-refractivity contribution is 5.09. The highest BCUT2D eigenvalue weighted by atomic mass is 15.1. The van der Waals surface area contributed by atoms with Gasteiger partial charge in [-0.25, -0.2) is 4.98 Å². The monoisotopic (exact) mass is 195 g/mol. The number of hydrogen-bond donors (Lipinski definition) is 1. The lowest BCUT2D eigenvalue weighted by Gasteiger charge is -2.15. The first-order valence-electron chi connectivity index (χ1n) is 5.37. The highest BCUT2D eigenvalue weighted by Gasteiger charge is 2.08. The molecule has 0 radical (unpaired) electrons. The molecule has 0 aromatic carbocycles. The Morgan fingerprint density at radius 3 is 2.71 bits per heavy atom. The van der Waals surface area contributed by atoms with E-state index in [0.717, 1.165) is 25.2 Å². The molecule has 1 aromatic rings. The minimum Gasteiger partial charge on any atom is -0.332 e. The second-order valence-corrected chi connectivity index (χ2v) is 3.81. The molecule has 0 aliphatic carbocycles. The summed E-state index contributed by atoms with van der Waals surface area (Å²) in [5, 5.41) is 3.34.